The topological polar surface area (TPSA) is 185 Å². The minimum atomic E-state index is -1.73. The number of cyclic esters (lactones) is 1. The van der Waals surface area contributed by atoms with Gasteiger partial charge in [-0.3, -0.25) is 4.79 Å². The van der Waals surface area contributed by atoms with E-state index in [9.17, 15) is 35.4 Å². The van der Waals surface area contributed by atoms with Crippen LogP contribution in [-0.2, 0) is 28.5 Å². The van der Waals surface area contributed by atoms with Gasteiger partial charge < -0.3 is 54.3 Å². The van der Waals surface area contributed by atoms with Crippen LogP contribution in [0.4, 0.5) is 0 Å². The molecule has 258 valence electrons. The second kappa shape index (κ2) is 20.3. The molecule has 3 aliphatic rings. The molecule has 0 saturated carbocycles. The van der Waals surface area contributed by atoms with E-state index in [2.05, 4.69) is 0 Å². The Labute approximate surface area is 262 Å². The van der Waals surface area contributed by atoms with Crippen LogP contribution >= 0.6 is 0 Å². The highest BCUT2D eigenvalue weighted by atomic mass is 16.8. The Morgan fingerprint density at radius 1 is 0.636 bits per heavy atom. The van der Waals surface area contributed by atoms with E-state index in [-0.39, 0.29) is 19.1 Å². The first kappa shape index (κ1) is 37.5. The average Bonchev–Trinajstić information content (AvgIpc) is 3.01. The number of fused-ring (bicyclic) bond motifs is 3. The summed E-state index contributed by atoms with van der Waals surface area (Å²) in [6.45, 7) is 1.10. The van der Waals surface area contributed by atoms with Gasteiger partial charge in [-0.05, 0) is 19.3 Å². The normalized spacial score (nSPS) is 40.4. The van der Waals surface area contributed by atoms with Crippen LogP contribution in [0.25, 0.3) is 0 Å². The summed E-state index contributed by atoms with van der Waals surface area (Å²) in [6, 6.07) is 0. The molecular formula is C32H58O12. The number of rotatable bonds is 3. The summed E-state index contributed by atoms with van der Waals surface area (Å²) in [4.78, 5) is 12.4. The minimum absolute atomic E-state index is 0.224. The van der Waals surface area contributed by atoms with Crippen molar-refractivity contribution >= 4 is 5.97 Å². The highest BCUT2D eigenvalue weighted by Crippen LogP contribution is 2.31. The van der Waals surface area contributed by atoms with Crippen LogP contribution in [0.15, 0.2) is 0 Å². The summed E-state index contributed by atoms with van der Waals surface area (Å²) < 4.78 is 29.1. The highest BCUT2D eigenvalue weighted by Gasteiger charge is 2.51. The highest BCUT2D eigenvalue weighted by molar-refractivity contribution is 5.69. The third-order valence-corrected chi connectivity index (χ3v) is 9.04. The van der Waals surface area contributed by atoms with Crippen molar-refractivity contribution in [1.82, 2.24) is 0 Å². The Bertz CT molecular complexity index is 786. The summed E-state index contributed by atoms with van der Waals surface area (Å²) in [7, 11) is 0. The van der Waals surface area contributed by atoms with Crippen LogP contribution in [0.1, 0.15) is 116 Å². The molecule has 6 N–H and O–H groups in total. The molecule has 12 heteroatoms. The van der Waals surface area contributed by atoms with E-state index in [1.807, 2.05) is 6.92 Å². The largest absolute Gasteiger partial charge is 0.463 e. The van der Waals surface area contributed by atoms with Crippen LogP contribution < -0.4 is 0 Å². The smallest absolute Gasteiger partial charge is 0.305 e. The lowest BCUT2D eigenvalue weighted by Crippen LogP contribution is -2.65. The molecule has 3 fully saturated rings. The summed E-state index contributed by atoms with van der Waals surface area (Å²) in [5, 5.41) is 63.2. The average molecular weight is 635 g/mol. The zero-order valence-electron chi connectivity index (χ0n) is 26.4. The minimum Gasteiger partial charge on any atom is -0.463 e. The molecule has 0 amide bonds. The molecule has 3 rings (SSSR count). The molecule has 0 aromatic rings. The maximum Gasteiger partial charge on any atom is 0.305 e. The van der Waals surface area contributed by atoms with Gasteiger partial charge in [-0.25, -0.2) is 0 Å². The molecule has 3 saturated heterocycles. The molecular weight excluding hydrogens is 576 g/mol. The van der Waals surface area contributed by atoms with E-state index in [4.69, 9.17) is 23.7 Å². The van der Waals surface area contributed by atoms with E-state index in [1.165, 1.54) is 38.5 Å². The predicted octanol–water partition coefficient (Wildman–Crippen LogP) is 2.21. The van der Waals surface area contributed by atoms with E-state index in [0.717, 1.165) is 57.8 Å². The number of aliphatic hydroxyl groups is 6. The number of carbonyl (C=O) groups excluding carboxylic acids is 1. The monoisotopic (exact) mass is 634 g/mol. The summed E-state index contributed by atoms with van der Waals surface area (Å²) >= 11 is 0. The first-order valence-electron chi connectivity index (χ1n) is 17.1. The molecule has 11 atom stereocenters. The number of carbonyl (C=O) groups is 1. The quantitative estimate of drug-likeness (QED) is 0.249. The van der Waals surface area contributed by atoms with E-state index >= 15 is 0 Å². The zero-order valence-corrected chi connectivity index (χ0v) is 26.4. The lowest BCUT2D eigenvalue weighted by Gasteiger charge is -2.46. The van der Waals surface area contributed by atoms with E-state index < -0.39 is 74.0 Å². The maximum absolute atomic E-state index is 12.4. The Hall–Kier alpha value is -0.930. The lowest BCUT2D eigenvalue weighted by atomic mass is 9.97. The summed E-state index contributed by atoms with van der Waals surface area (Å²) in [6.07, 6.45) is 2.05. The van der Waals surface area contributed by atoms with Gasteiger partial charge in [-0.15, -0.1) is 0 Å². The molecule has 12 nitrogen and oxygen atoms in total. The van der Waals surface area contributed by atoms with Gasteiger partial charge in [0.25, 0.3) is 0 Å². The molecule has 44 heavy (non-hydrogen) atoms. The zero-order chi connectivity index (χ0) is 31.9. The van der Waals surface area contributed by atoms with Crippen molar-refractivity contribution in [3.63, 3.8) is 0 Å². The number of hydrogen-bond donors (Lipinski definition) is 6. The van der Waals surface area contributed by atoms with Gasteiger partial charge in [0.1, 0.15) is 55.4 Å². The van der Waals surface area contributed by atoms with Gasteiger partial charge in [0.15, 0.2) is 12.6 Å². The van der Waals surface area contributed by atoms with Crippen molar-refractivity contribution in [3.05, 3.63) is 0 Å². The standard InChI is InChI=1S/C32H58O12/c1-2-16-21-17-14-12-10-8-6-4-3-5-7-9-11-13-15-18-24(34)40-20-23-26(36)27(37)29(39)31(43-23)44-30-28(38)25(35)22(19-33)42-32(30)41-21/h21-23,25-33,35-39H,2-20H2,1H3/t21-,22+,23+,25+,26+,27-,28-,29+,30+,31-,32+/m0/s1. The third-order valence-electron chi connectivity index (χ3n) is 9.04. The van der Waals surface area contributed by atoms with Gasteiger partial charge >= 0.3 is 5.97 Å². The number of aliphatic hydroxyl groups excluding tert-OH is 6. The van der Waals surface area contributed by atoms with E-state index in [1.54, 1.807) is 0 Å². The molecule has 0 spiro atoms. The van der Waals surface area contributed by atoms with Gasteiger partial charge in [-0.2, -0.15) is 0 Å². The van der Waals surface area contributed by atoms with Crippen molar-refractivity contribution in [2.45, 2.75) is 184 Å². The van der Waals surface area contributed by atoms with Crippen LogP contribution in [0.2, 0.25) is 0 Å². The molecule has 0 radical (unpaired) electrons. The van der Waals surface area contributed by atoms with Gasteiger partial charge in [0, 0.05) is 6.42 Å². The molecule has 0 aromatic heterocycles. The first-order valence-corrected chi connectivity index (χ1v) is 17.1. The Morgan fingerprint density at radius 3 is 1.82 bits per heavy atom. The second-order valence-electron chi connectivity index (χ2n) is 12.7. The molecule has 2 bridgehead atoms. The molecule has 3 aliphatic heterocycles. The van der Waals surface area contributed by atoms with Crippen molar-refractivity contribution in [2.24, 2.45) is 0 Å². The summed E-state index contributed by atoms with van der Waals surface area (Å²) in [5.41, 5.74) is 0. The van der Waals surface area contributed by atoms with Crippen LogP contribution in [0.3, 0.4) is 0 Å². The fourth-order valence-corrected chi connectivity index (χ4v) is 6.26. The van der Waals surface area contributed by atoms with Crippen molar-refractivity contribution < 1.29 is 59.1 Å². The van der Waals surface area contributed by atoms with Crippen molar-refractivity contribution in [2.75, 3.05) is 13.2 Å². The molecule has 3 heterocycles. The predicted molar refractivity (Wildman–Crippen MR) is 159 cm³/mol. The number of ether oxygens (including phenoxy) is 5. The Balaban J connectivity index is 1.73. The first-order chi connectivity index (χ1) is 21.3. The summed E-state index contributed by atoms with van der Waals surface area (Å²) in [5.74, 6) is -0.454. The fourth-order valence-electron chi connectivity index (χ4n) is 6.26. The molecule has 0 aromatic carbocycles. The SMILES string of the molecule is CCC[C@H]1CCCCCCCCCCCCCCCC(=O)OC[C@H]2O[C@@H](O[C@H]3[C@H](O1)O[C@H](CO)[C@@H](O)[C@@H]3O)[C@H](O)[C@@H](O)[C@@H]2O. The number of esters is 1. The van der Waals surface area contributed by atoms with Crippen LogP contribution in [0.5, 0.6) is 0 Å². The Kier molecular flexibility index (Phi) is 17.3. The van der Waals surface area contributed by atoms with Gasteiger partial charge in [0.05, 0.1) is 12.7 Å². The fraction of sp³-hybridized carbons (Fsp3) is 0.969. The van der Waals surface area contributed by atoms with Gasteiger partial charge in [-0.1, -0.05) is 90.4 Å². The van der Waals surface area contributed by atoms with Crippen molar-refractivity contribution in [1.29, 1.82) is 0 Å². The van der Waals surface area contributed by atoms with E-state index in [0.29, 0.717) is 6.42 Å². The van der Waals surface area contributed by atoms with Crippen molar-refractivity contribution in [3.8, 4) is 0 Å². The third kappa shape index (κ3) is 11.7. The Morgan fingerprint density at radius 2 is 1.23 bits per heavy atom. The second-order valence-corrected chi connectivity index (χ2v) is 12.7. The lowest BCUT2D eigenvalue weighted by molar-refractivity contribution is -0.372. The molecule has 0 aliphatic carbocycles. The number of hydrogen-bond acceptors (Lipinski definition) is 12. The molecule has 0 unspecified atom stereocenters. The van der Waals surface area contributed by atoms with Gasteiger partial charge in [0.2, 0.25) is 0 Å². The van der Waals surface area contributed by atoms with Crippen LogP contribution in [0, 0.1) is 0 Å². The maximum atomic E-state index is 12.4. The van der Waals surface area contributed by atoms with Crippen LogP contribution in [-0.4, -0.2) is 117 Å².